The Bertz CT molecular complexity index is 575. The predicted molar refractivity (Wildman–Crippen MR) is 69.2 cm³/mol. The molecular formula is C14H14N2O2. The largest absolute Gasteiger partial charge is 0.374 e. The zero-order valence-electron chi connectivity index (χ0n) is 10.2. The van der Waals surface area contributed by atoms with E-state index in [1.165, 1.54) is 11.3 Å². The number of nitrogens with zero attached hydrogens (tertiary/aromatic N) is 1. The molecule has 2 aliphatic rings. The number of hydrogen-bond acceptors (Lipinski definition) is 3. The van der Waals surface area contributed by atoms with Crippen LogP contribution in [0, 0.1) is 0 Å². The molecule has 4 heteroatoms. The average molecular weight is 242 g/mol. The normalized spacial score (nSPS) is 20.5. The molecule has 2 aliphatic heterocycles. The molecule has 2 amide bonds. The minimum absolute atomic E-state index is 0.190. The highest BCUT2D eigenvalue weighted by Crippen LogP contribution is 2.28. The maximum atomic E-state index is 11.5. The fraction of sp³-hybridized carbons (Fsp3) is 0.286. The van der Waals surface area contributed by atoms with Crippen LogP contribution >= 0.6 is 0 Å². The van der Waals surface area contributed by atoms with Crippen molar-refractivity contribution in [3.63, 3.8) is 0 Å². The van der Waals surface area contributed by atoms with Gasteiger partial charge < -0.3 is 4.90 Å². The molecule has 3 rings (SSSR count). The van der Waals surface area contributed by atoms with Gasteiger partial charge in [-0.25, -0.2) is 0 Å². The molecule has 1 saturated heterocycles. The van der Waals surface area contributed by atoms with Gasteiger partial charge in [-0.1, -0.05) is 6.07 Å². The first-order chi connectivity index (χ1) is 8.63. The Morgan fingerprint density at radius 1 is 1.33 bits per heavy atom. The zero-order chi connectivity index (χ0) is 12.7. The number of hydrogen-bond donors (Lipinski definition) is 1. The molecule has 1 aromatic rings. The summed E-state index contributed by atoms with van der Waals surface area (Å²) in [5.74, 6) is -0.482. The monoisotopic (exact) mass is 242 g/mol. The van der Waals surface area contributed by atoms with Crippen LogP contribution in [0.25, 0.3) is 6.08 Å². The van der Waals surface area contributed by atoms with Crippen LogP contribution in [0.4, 0.5) is 5.69 Å². The minimum Gasteiger partial charge on any atom is -0.374 e. The summed E-state index contributed by atoms with van der Waals surface area (Å²) in [7, 11) is 2.08. The predicted octanol–water partition coefficient (Wildman–Crippen LogP) is 1.11. The third-order valence-corrected chi connectivity index (χ3v) is 3.47. The third kappa shape index (κ3) is 1.79. The van der Waals surface area contributed by atoms with Gasteiger partial charge in [-0.3, -0.25) is 14.9 Å². The number of rotatable bonds is 1. The van der Waals surface area contributed by atoms with Crippen LogP contribution in [0.2, 0.25) is 0 Å². The summed E-state index contributed by atoms with van der Waals surface area (Å²) >= 11 is 0. The van der Waals surface area contributed by atoms with Gasteiger partial charge in [0, 0.05) is 24.9 Å². The Balaban J connectivity index is 1.93. The molecule has 0 aliphatic carbocycles. The maximum Gasteiger partial charge on any atom is 0.254 e. The number of carbonyl (C=O) groups is 2. The first-order valence-electron chi connectivity index (χ1n) is 6.02. The molecule has 0 atom stereocenters. The van der Waals surface area contributed by atoms with Crippen molar-refractivity contribution in [3.8, 4) is 0 Å². The summed E-state index contributed by atoms with van der Waals surface area (Å²) in [5, 5.41) is 2.29. The van der Waals surface area contributed by atoms with Gasteiger partial charge >= 0.3 is 0 Å². The van der Waals surface area contributed by atoms with Crippen molar-refractivity contribution in [2.45, 2.75) is 12.8 Å². The van der Waals surface area contributed by atoms with E-state index in [1.807, 2.05) is 6.07 Å². The van der Waals surface area contributed by atoms with E-state index in [2.05, 4.69) is 29.4 Å². The fourth-order valence-corrected chi connectivity index (χ4v) is 2.50. The number of nitrogens with one attached hydrogen (secondary N) is 1. The van der Waals surface area contributed by atoms with Crippen molar-refractivity contribution >= 4 is 23.6 Å². The molecule has 0 radical (unpaired) electrons. The topological polar surface area (TPSA) is 49.4 Å². The van der Waals surface area contributed by atoms with Crippen molar-refractivity contribution < 1.29 is 9.59 Å². The maximum absolute atomic E-state index is 11.5. The van der Waals surface area contributed by atoms with Crippen molar-refractivity contribution in [3.05, 3.63) is 34.9 Å². The van der Waals surface area contributed by atoms with Crippen LogP contribution in [0.1, 0.15) is 17.5 Å². The van der Waals surface area contributed by atoms with Crippen molar-refractivity contribution in [2.75, 3.05) is 18.5 Å². The molecule has 0 spiro atoms. The molecule has 0 bridgehead atoms. The highest BCUT2D eigenvalue weighted by atomic mass is 16.2. The van der Waals surface area contributed by atoms with Gasteiger partial charge in [0.15, 0.2) is 0 Å². The Morgan fingerprint density at radius 3 is 2.89 bits per heavy atom. The summed E-state index contributed by atoms with van der Waals surface area (Å²) in [6, 6.07) is 6.16. The van der Waals surface area contributed by atoms with Gasteiger partial charge in [0.25, 0.3) is 5.91 Å². The molecule has 92 valence electrons. The molecule has 0 saturated carbocycles. The van der Waals surface area contributed by atoms with E-state index in [9.17, 15) is 9.59 Å². The lowest BCUT2D eigenvalue weighted by Gasteiger charge is -2.11. The van der Waals surface area contributed by atoms with Crippen molar-refractivity contribution in [2.24, 2.45) is 0 Å². The van der Waals surface area contributed by atoms with Crippen LogP contribution in [0.5, 0.6) is 0 Å². The molecule has 1 fully saturated rings. The average Bonchev–Trinajstić information content (AvgIpc) is 2.84. The molecule has 0 unspecified atom stereocenters. The second-order valence-corrected chi connectivity index (χ2v) is 4.78. The Labute approximate surface area is 105 Å². The molecule has 4 nitrogen and oxygen atoms in total. The molecular weight excluding hydrogens is 228 g/mol. The summed E-state index contributed by atoms with van der Waals surface area (Å²) in [4.78, 5) is 24.8. The number of fused-ring (bicyclic) bond motifs is 1. The summed E-state index contributed by atoms with van der Waals surface area (Å²) in [5.41, 5.74) is 4.09. The first-order valence-corrected chi connectivity index (χ1v) is 6.02. The lowest BCUT2D eigenvalue weighted by atomic mass is 10.1. The van der Waals surface area contributed by atoms with Crippen LogP contribution in [0.3, 0.4) is 0 Å². The van der Waals surface area contributed by atoms with Crippen molar-refractivity contribution in [1.82, 2.24) is 5.32 Å². The van der Waals surface area contributed by atoms with E-state index in [0.717, 1.165) is 18.5 Å². The van der Waals surface area contributed by atoms with Gasteiger partial charge in [0.1, 0.15) is 0 Å². The number of carbonyl (C=O) groups excluding carboxylic acids is 2. The molecule has 1 aromatic carbocycles. The van der Waals surface area contributed by atoms with Gasteiger partial charge in [-0.15, -0.1) is 0 Å². The number of benzene rings is 1. The van der Waals surface area contributed by atoms with E-state index < -0.39 is 0 Å². The van der Waals surface area contributed by atoms with E-state index >= 15 is 0 Å². The fourth-order valence-electron chi connectivity index (χ4n) is 2.50. The molecule has 1 N–H and O–H groups in total. The van der Waals surface area contributed by atoms with Gasteiger partial charge in [0.2, 0.25) is 5.91 Å². The smallest absolute Gasteiger partial charge is 0.254 e. The second kappa shape index (κ2) is 3.98. The highest BCUT2D eigenvalue weighted by Gasteiger charge is 2.23. The van der Waals surface area contributed by atoms with E-state index in [0.29, 0.717) is 5.57 Å². The highest BCUT2D eigenvalue weighted by molar-refractivity contribution is 6.15. The lowest BCUT2D eigenvalue weighted by Crippen LogP contribution is -2.19. The Kier molecular flexibility index (Phi) is 2.44. The lowest BCUT2D eigenvalue weighted by molar-refractivity contribution is -0.124. The van der Waals surface area contributed by atoms with E-state index in [4.69, 9.17) is 0 Å². The van der Waals surface area contributed by atoms with Crippen LogP contribution in [-0.4, -0.2) is 25.4 Å². The van der Waals surface area contributed by atoms with Crippen LogP contribution in [-0.2, 0) is 16.0 Å². The van der Waals surface area contributed by atoms with Crippen LogP contribution in [0.15, 0.2) is 23.8 Å². The SMILES string of the molecule is CN1CCc2cc(C=C3CC(=O)NC3=O)ccc21. The van der Waals surface area contributed by atoms with Crippen molar-refractivity contribution in [1.29, 1.82) is 0 Å². The number of imide groups is 1. The third-order valence-electron chi connectivity index (χ3n) is 3.47. The first kappa shape index (κ1) is 11.0. The standard InChI is InChI=1S/C14H14N2O2/c1-16-5-4-10-6-9(2-3-12(10)16)7-11-8-13(17)15-14(11)18/h2-3,6-7H,4-5,8H2,1H3,(H,15,17,18). The zero-order valence-corrected chi connectivity index (χ0v) is 10.2. The van der Waals surface area contributed by atoms with E-state index in [-0.39, 0.29) is 18.2 Å². The number of amides is 2. The molecule has 18 heavy (non-hydrogen) atoms. The minimum atomic E-state index is -0.266. The van der Waals surface area contributed by atoms with Crippen LogP contribution < -0.4 is 10.2 Å². The molecule has 2 heterocycles. The Hall–Kier alpha value is -2.10. The van der Waals surface area contributed by atoms with Gasteiger partial charge in [-0.05, 0) is 35.8 Å². The van der Waals surface area contributed by atoms with E-state index in [1.54, 1.807) is 6.08 Å². The Morgan fingerprint density at radius 2 is 2.17 bits per heavy atom. The second-order valence-electron chi connectivity index (χ2n) is 4.78. The van der Waals surface area contributed by atoms with Gasteiger partial charge in [-0.2, -0.15) is 0 Å². The summed E-state index contributed by atoms with van der Waals surface area (Å²) in [6.45, 7) is 1.04. The quantitative estimate of drug-likeness (QED) is 0.593. The molecule has 0 aromatic heterocycles. The summed E-state index contributed by atoms with van der Waals surface area (Å²) < 4.78 is 0. The number of anilines is 1. The number of likely N-dealkylation sites (N-methyl/N-ethyl adjacent to an activating group) is 1. The van der Waals surface area contributed by atoms with Gasteiger partial charge in [0.05, 0.1) is 6.42 Å². The summed E-state index contributed by atoms with van der Waals surface area (Å²) in [6.07, 6.45) is 3.03.